The maximum Gasteiger partial charge on any atom is 0.157 e. The standard InChI is InChI=1S/C11H9NO.C10H7NO2/c1-8-6-7-9-4-2-3-5-10(9)11(8)12-13;12-9-6-5-7-3-1-2-4-8(7)10(9)11-13/h2-7H,1H3;1-6,12H. The second kappa shape index (κ2) is 7.53. The van der Waals surface area contributed by atoms with Crippen LogP contribution < -0.4 is 0 Å². The summed E-state index contributed by atoms with van der Waals surface area (Å²) >= 11 is 0. The van der Waals surface area contributed by atoms with Crippen molar-refractivity contribution in [3.05, 3.63) is 88.2 Å². The zero-order valence-electron chi connectivity index (χ0n) is 14.1. The Labute approximate surface area is 149 Å². The Bertz CT molecular complexity index is 1020. The van der Waals surface area contributed by atoms with E-state index in [1.54, 1.807) is 18.2 Å². The van der Waals surface area contributed by atoms with E-state index >= 15 is 0 Å². The number of phenolic OH excluding ortho intramolecular Hbond substituents is 1. The van der Waals surface area contributed by atoms with Crippen molar-refractivity contribution in [2.75, 3.05) is 0 Å². The topological polar surface area (TPSA) is 79.1 Å². The Balaban J connectivity index is 0.000000151. The van der Waals surface area contributed by atoms with Gasteiger partial charge < -0.3 is 5.11 Å². The zero-order chi connectivity index (χ0) is 18.5. The molecule has 0 atom stereocenters. The van der Waals surface area contributed by atoms with E-state index in [2.05, 4.69) is 10.4 Å². The third kappa shape index (κ3) is 3.28. The highest BCUT2D eigenvalue weighted by molar-refractivity contribution is 5.95. The van der Waals surface area contributed by atoms with Crippen molar-refractivity contribution < 1.29 is 5.11 Å². The molecule has 0 saturated heterocycles. The van der Waals surface area contributed by atoms with E-state index in [9.17, 15) is 14.9 Å². The van der Waals surface area contributed by atoms with Crippen LogP contribution in [0.25, 0.3) is 21.5 Å². The number of rotatable bonds is 2. The number of fused-ring (bicyclic) bond motifs is 2. The Morgan fingerprint density at radius 3 is 1.73 bits per heavy atom. The van der Waals surface area contributed by atoms with Crippen LogP contribution in [-0.2, 0) is 0 Å². The van der Waals surface area contributed by atoms with Crippen molar-refractivity contribution in [2.45, 2.75) is 6.92 Å². The SMILES string of the molecule is Cc1ccc2ccccc2c1N=O.O=Nc1c(O)ccc2ccccc12. The number of phenols is 1. The minimum absolute atomic E-state index is 0.0753. The van der Waals surface area contributed by atoms with E-state index in [1.165, 1.54) is 6.07 Å². The molecule has 4 aromatic rings. The molecule has 5 heteroatoms. The molecule has 0 radical (unpaired) electrons. The summed E-state index contributed by atoms with van der Waals surface area (Å²) in [5, 5.41) is 18.7. The molecule has 4 aromatic carbocycles. The van der Waals surface area contributed by atoms with Gasteiger partial charge in [0.25, 0.3) is 0 Å². The molecular formula is C21H16N2O3. The van der Waals surface area contributed by atoms with Gasteiger partial charge in [0.2, 0.25) is 0 Å². The third-order valence-electron chi connectivity index (χ3n) is 4.16. The number of nitroso groups, excluding NO2 is 2. The highest BCUT2D eigenvalue weighted by Crippen LogP contribution is 2.34. The zero-order valence-corrected chi connectivity index (χ0v) is 14.1. The fraction of sp³-hybridized carbons (Fsp3) is 0.0476. The number of nitrogens with zero attached hydrogens (tertiary/aromatic N) is 2. The predicted molar refractivity (Wildman–Crippen MR) is 105 cm³/mol. The van der Waals surface area contributed by atoms with E-state index < -0.39 is 0 Å². The molecule has 0 aliphatic carbocycles. The maximum atomic E-state index is 10.6. The first kappa shape index (κ1) is 17.2. The summed E-state index contributed by atoms with van der Waals surface area (Å²) < 4.78 is 0. The number of aryl methyl sites for hydroxylation is 1. The van der Waals surface area contributed by atoms with Gasteiger partial charge in [-0.15, -0.1) is 9.81 Å². The molecule has 0 unspecified atom stereocenters. The molecule has 0 spiro atoms. The van der Waals surface area contributed by atoms with Crippen molar-refractivity contribution in [1.82, 2.24) is 0 Å². The van der Waals surface area contributed by atoms with Crippen molar-refractivity contribution in [1.29, 1.82) is 0 Å². The van der Waals surface area contributed by atoms with Gasteiger partial charge in [0, 0.05) is 10.8 Å². The summed E-state index contributed by atoms with van der Waals surface area (Å²) in [5.41, 5.74) is 1.59. The number of hydrogen-bond acceptors (Lipinski definition) is 5. The van der Waals surface area contributed by atoms with E-state index in [0.717, 1.165) is 21.7 Å². The predicted octanol–water partition coefficient (Wildman–Crippen LogP) is 6.49. The van der Waals surface area contributed by atoms with Gasteiger partial charge in [-0.3, -0.25) is 0 Å². The van der Waals surface area contributed by atoms with Gasteiger partial charge in [0.05, 0.1) is 0 Å². The molecule has 0 aliphatic heterocycles. The lowest BCUT2D eigenvalue weighted by molar-refractivity contribution is 0.477. The lowest BCUT2D eigenvalue weighted by Crippen LogP contribution is -1.77. The van der Waals surface area contributed by atoms with E-state index in [1.807, 2.05) is 55.5 Å². The second-order valence-corrected chi connectivity index (χ2v) is 5.79. The summed E-state index contributed by atoms with van der Waals surface area (Å²) in [5.74, 6) is -0.0753. The van der Waals surface area contributed by atoms with Crippen LogP contribution in [0, 0.1) is 16.7 Å². The summed E-state index contributed by atoms with van der Waals surface area (Å²) in [7, 11) is 0. The van der Waals surface area contributed by atoms with E-state index in [0.29, 0.717) is 11.1 Å². The highest BCUT2D eigenvalue weighted by Gasteiger charge is 2.05. The minimum Gasteiger partial charge on any atom is -0.506 e. The van der Waals surface area contributed by atoms with Gasteiger partial charge >= 0.3 is 0 Å². The van der Waals surface area contributed by atoms with Gasteiger partial charge in [0.1, 0.15) is 11.4 Å². The van der Waals surface area contributed by atoms with Crippen molar-refractivity contribution in [3.8, 4) is 5.75 Å². The Morgan fingerprint density at radius 1 is 0.654 bits per heavy atom. The smallest absolute Gasteiger partial charge is 0.157 e. The third-order valence-corrected chi connectivity index (χ3v) is 4.16. The summed E-state index contributed by atoms with van der Waals surface area (Å²) in [4.78, 5) is 21.0. The van der Waals surface area contributed by atoms with Crippen molar-refractivity contribution in [2.24, 2.45) is 10.4 Å². The maximum absolute atomic E-state index is 10.6. The van der Waals surface area contributed by atoms with Crippen LogP contribution in [0.3, 0.4) is 0 Å². The molecule has 0 aromatic heterocycles. The molecule has 26 heavy (non-hydrogen) atoms. The van der Waals surface area contributed by atoms with Gasteiger partial charge in [-0.05, 0) is 39.7 Å². The molecule has 0 aliphatic rings. The molecule has 4 rings (SSSR count). The molecule has 0 fully saturated rings. The second-order valence-electron chi connectivity index (χ2n) is 5.79. The quantitative estimate of drug-likeness (QED) is 0.422. The van der Waals surface area contributed by atoms with Crippen LogP contribution in [0.5, 0.6) is 5.75 Å². The summed E-state index contributed by atoms with van der Waals surface area (Å²) in [6, 6.07) is 22.2. The first-order chi connectivity index (χ1) is 12.7. The Hall–Kier alpha value is -3.60. The Kier molecular flexibility index (Phi) is 4.99. The van der Waals surface area contributed by atoms with Crippen LogP contribution in [0.15, 0.2) is 83.2 Å². The first-order valence-corrected chi connectivity index (χ1v) is 8.01. The van der Waals surface area contributed by atoms with Crippen LogP contribution in [0.4, 0.5) is 11.4 Å². The molecule has 128 valence electrons. The van der Waals surface area contributed by atoms with Gasteiger partial charge in [-0.25, -0.2) is 0 Å². The lowest BCUT2D eigenvalue weighted by atomic mass is 10.1. The minimum atomic E-state index is -0.0753. The van der Waals surface area contributed by atoms with Gasteiger partial charge in [-0.2, -0.15) is 0 Å². The highest BCUT2D eigenvalue weighted by atomic mass is 16.3. The van der Waals surface area contributed by atoms with Gasteiger partial charge in [-0.1, -0.05) is 66.7 Å². The van der Waals surface area contributed by atoms with Crippen molar-refractivity contribution in [3.63, 3.8) is 0 Å². The fourth-order valence-electron chi connectivity index (χ4n) is 2.82. The van der Waals surface area contributed by atoms with Crippen LogP contribution in [0.1, 0.15) is 5.56 Å². The van der Waals surface area contributed by atoms with E-state index in [4.69, 9.17) is 0 Å². The number of benzene rings is 4. The summed E-state index contributed by atoms with van der Waals surface area (Å²) in [6.07, 6.45) is 0. The molecule has 0 saturated carbocycles. The number of hydrogen-bond donors (Lipinski definition) is 1. The molecule has 0 heterocycles. The van der Waals surface area contributed by atoms with E-state index in [-0.39, 0.29) is 11.4 Å². The summed E-state index contributed by atoms with van der Waals surface area (Å²) in [6.45, 7) is 1.89. The van der Waals surface area contributed by atoms with Crippen molar-refractivity contribution >= 4 is 32.9 Å². The first-order valence-electron chi connectivity index (χ1n) is 8.01. The lowest BCUT2D eigenvalue weighted by Gasteiger charge is -2.01. The normalized spacial score (nSPS) is 10.2. The number of aromatic hydroxyl groups is 1. The Morgan fingerprint density at radius 2 is 1.15 bits per heavy atom. The molecule has 0 amide bonds. The van der Waals surface area contributed by atoms with Gasteiger partial charge in [0.15, 0.2) is 5.69 Å². The largest absolute Gasteiger partial charge is 0.506 e. The average molecular weight is 344 g/mol. The average Bonchev–Trinajstić information content (AvgIpc) is 2.68. The molecule has 5 nitrogen and oxygen atoms in total. The van der Waals surface area contributed by atoms with Crippen LogP contribution in [0.2, 0.25) is 0 Å². The molecule has 0 bridgehead atoms. The molecular weight excluding hydrogens is 328 g/mol. The van der Waals surface area contributed by atoms with Crippen LogP contribution >= 0.6 is 0 Å². The fourth-order valence-corrected chi connectivity index (χ4v) is 2.82. The van der Waals surface area contributed by atoms with Crippen LogP contribution in [-0.4, -0.2) is 5.11 Å². The monoisotopic (exact) mass is 344 g/mol. The molecule has 1 N–H and O–H groups in total.